The second-order valence-corrected chi connectivity index (χ2v) is 2.14. The molecule has 0 aliphatic heterocycles. The largest absolute Gasteiger partial charge is 0.327 e. The van der Waals surface area contributed by atoms with E-state index in [0.29, 0.717) is 0 Å². The Hall–Kier alpha value is -0.520. The summed E-state index contributed by atoms with van der Waals surface area (Å²) in [5, 5.41) is 3.12. The third kappa shape index (κ3) is 7.48. The van der Waals surface area contributed by atoms with E-state index in [-0.39, 0.29) is 6.04 Å². The van der Waals surface area contributed by atoms with E-state index in [1.54, 1.807) is 0 Å². The quantitative estimate of drug-likeness (QED) is 0.409. The van der Waals surface area contributed by atoms with Crippen LogP contribution in [-0.4, -0.2) is 19.1 Å². The van der Waals surface area contributed by atoms with Crippen molar-refractivity contribution in [3.8, 4) is 12.3 Å². The molecule has 9 heavy (non-hydrogen) atoms. The molecule has 2 heteroatoms. The number of terminal acetylenes is 1. The molecule has 0 aliphatic rings. The van der Waals surface area contributed by atoms with Crippen LogP contribution in [0.2, 0.25) is 0 Å². The van der Waals surface area contributed by atoms with Gasteiger partial charge in [-0.2, -0.15) is 0 Å². The van der Waals surface area contributed by atoms with Gasteiger partial charge >= 0.3 is 0 Å². The molecule has 0 saturated heterocycles. The highest BCUT2D eigenvalue weighted by Gasteiger charge is 1.89. The van der Waals surface area contributed by atoms with Gasteiger partial charge in [-0.1, -0.05) is 0 Å². The first-order chi connectivity index (χ1) is 4.27. The molecule has 0 saturated carbocycles. The summed E-state index contributed by atoms with van der Waals surface area (Å²) in [5.74, 6) is 2.54. The fourth-order valence-corrected chi connectivity index (χ4v) is 0.490. The van der Waals surface area contributed by atoms with Crippen molar-refractivity contribution in [2.75, 3.05) is 13.1 Å². The third-order valence-electron chi connectivity index (χ3n) is 0.912. The molecule has 2 nitrogen and oxygen atoms in total. The smallest absolute Gasteiger partial charge is 0.0211 e. The number of hydrogen-bond acceptors (Lipinski definition) is 2. The number of nitrogens with two attached hydrogens (primary N) is 1. The van der Waals surface area contributed by atoms with Crippen LogP contribution in [0.5, 0.6) is 0 Å². The van der Waals surface area contributed by atoms with Crippen molar-refractivity contribution in [3.05, 3.63) is 0 Å². The van der Waals surface area contributed by atoms with E-state index >= 15 is 0 Å². The summed E-state index contributed by atoms with van der Waals surface area (Å²) in [7, 11) is 0. The lowest BCUT2D eigenvalue weighted by Crippen LogP contribution is -2.31. The summed E-state index contributed by atoms with van der Waals surface area (Å²) >= 11 is 0. The van der Waals surface area contributed by atoms with Crippen LogP contribution in [0.25, 0.3) is 0 Å². The Morgan fingerprint density at radius 1 is 1.78 bits per heavy atom. The number of hydrogen-bond donors (Lipinski definition) is 2. The van der Waals surface area contributed by atoms with Gasteiger partial charge in [-0.3, -0.25) is 0 Å². The van der Waals surface area contributed by atoms with Crippen molar-refractivity contribution in [2.45, 2.75) is 19.4 Å². The van der Waals surface area contributed by atoms with Gasteiger partial charge < -0.3 is 11.1 Å². The zero-order valence-electron chi connectivity index (χ0n) is 5.85. The highest BCUT2D eigenvalue weighted by Crippen LogP contribution is 1.72. The Kier molecular flexibility index (Phi) is 5.29. The Bertz CT molecular complexity index is 91.6. The normalized spacial score (nSPS) is 12.6. The minimum Gasteiger partial charge on any atom is -0.327 e. The molecule has 1 unspecified atom stereocenters. The minimum atomic E-state index is 0.225. The molecule has 0 aromatic heterocycles. The maximum atomic E-state index is 5.46. The summed E-state index contributed by atoms with van der Waals surface area (Å²) in [5.41, 5.74) is 5.46. The standard InChI is InChI=1S/C7H14N2/c1-3-4-5-9-6-7(2)8/h1,7,9H,4-6,8H2,2H3. The second kappa shape index (κ2) is 5.61. The van der Waals surface area contributed by atoms with Gasteiger partial charge in [0.25, 0.3) is 0 Å². The van der Waals surface area contributed by atoms with Gasteiger partial charge in [-0.05, 0) is 6.92 Å². The molecule has 0 rings (SSSR count). The van der Waals surface area contributed by atoms with Crippen molar-refractivity contribution in [3.63, 3.8) is 0 Å². The highest BCUT2D eigenvalue weighted by atomic mass is 14.9. The van der Waals surface area contributed by atoms with E-state index in [2.05, 4.69) is 11.2 Å². The van der Waals surface area contributed by atoms with Gasteiger partial charge in [0.1, 0.15) is 0 Å². The highest BCUT2D eigenvalue weighted by molar-refractivity contribution is 4.84. The van der Waals surface area contributed by atoms with Crippen LogP contribution in [-0.2, 0) is 0 Å². The van der Waals surface area contributed by atoms with Gasteiger partial charge in [0.15, 0.2) is 0 Å². The summed E-state index contributed by atoms with van der Waals surface area (Å²) < 4.78 is 0. The Morgan fingerprint density at radius 3 is 2.89 bits per heavy atom. The third-order valence-corrected chi connectivity index (χ3v) is 0.912. The predicted octanol–water partition coefficient (Wildman–Crippen LogP) is -0.0535. The summed E-state index contributed by atoms with van der Waals surface area (Å²) in [4.78, 5) is 0. The van der Waals surface area contributed by atoms with Crippen LogP contribution in [0.4, 0.5) is 0 Å². The molecule has 0 aliphatic carbocycles. The first-order valence-electron chi connectivity index (χ1n) is 3.17. The van der Waals surface area contributed by atoms with E-state index in [1.165, 1.54) is 0 Å². The van der Waals surface area contributed by atoms with E-state index in [1.807, 2.05) is 6.92 Å². The fourth-order valence-electron chi connectivity index (χ4n) is 0.490. The Balaban J connectivity index is 2.85. The van der Waals surface area contributed by atoms with E-state index in [9.17, 15) is 0 Å². The van der Waals surface area contributed by atoms with Crippen molar-refractivity contribution in [1.82, 2.24) is 5.32 Å². The molecule has 0 fully saturated rings. The molecule has 0 spiro atoms. The molecule has 0 radical (unpaired) electrons. The molecule has 3 N–H and O–H groups in total. The van der Waals surface area contributed by atoms with Crippen molar-refractivity contribution >= 4 is 0 Å². The Labute approximate surface area is 56.8 Å². The van der Waals surface area contributed by atoms with E-state index < -0.39 is 0 Å². The lowest BCUT2D eigenvalue weighted by atomic mass is 10.3. The summed E-state index contributed by atoms with van der Waals surface area (Å²) in [6, 6.07) is 0.225. The zero-order valence-corrected chi connectivity index (χ0v) is 5.85. The molecular weight excluding hydrogens is 112 g/mol. The maximum absolute atomic E-state index is 5.46. The lowest BCUT2D eigenvalue weighted by Gasteiger charge is -2.04. The van der Waals surface area contributed by atoms with Crippen LogP contribution in [0, 0.1) is 12.3 Å². The zero-order chi connectivity index (χ0) is 7.11. The molecule has 0 amide bonds. The topological polar surface area (TPSA) is 38.0 Å². The number of nitrogens with one attached hydrogen (secondary N) is 1. The van der Waals surface area contributed by atoms with Gasteiger partial charge in [0, 0.05) is 25.6 Å². The summed E-state index contributed by atoms with van der Waals surface area (Å²) in [6.45, 7) is 3.68. The molecule has 0 bridgehead atoms. The molecule has 0 aromatic carbocycles. The van der Waals surface area contributed by atoms with Gasteiger partial charge in [0.2, 0.25) is 0 Å². The predicted molar refractivity (Wildman–Crippen MR) is 40.0 cm³/mol. The fraction of sp³-hybridized carbons (Fsp3) is 0.714. The van der Waals surface area contributed by atoms with Crippen LogP contribution in [0.15, 0.2) is 0 Å². The SMILES string of the molecule is C#CCCNCC(C)N. The second-order valence-electron chi connectivity index (χ2n) is 2.14. The van der Waals surface area contributed by atoms with Crippen LogP contribution in [0.3, 0.4) is 0 Å². The molecule has 52 valence electrons. The van der Waals surface area contributed by atoms with E-state index in [0.717, 1.165) is 19.5 Å². The van der Waals surface area contributed by atoms with Crippen molar-refractivity contribution in [1.29, 1.82) is 0 Å². The van der Waals surface area contributed by atoms with Gasteiger partial charge in [-0.15, -0.1) is 12.3 Å². The monoisotopic (exact) mass is 126 g/mol. The van der Waals surface area contributed by atoms with Crippen LogP contribution < -0.4 is 11.1 Å². The molecule has 1 atom stereocenters. The van der Waals surface area contributed by atoms with Crippen LogP contribution >= 0.6 is 0 Å². The maximum Gasteiger partial charge on any atom is 0.0211 e. The first kappa shape index (κ1) is 8.48. The van der Waals surface area contributed by atoms with Gasteiger partial charge in [-0.25, -0.2) is 0 Å². The first-order valence-corrected chi connectivity index (χ1v) is 3.17. The average Bonchev–Trinajstić information content (AvgIpc) is 1.80. The average molecular weight is 126 g/mol. The Morgan fingerprint density at radius 2 is 2.44 bits per heavy atom. The minimum absolute atomic E-state index is 0.225. The van der Waals surface area contributed by atoms with Crippen molar-refractivity contribution < 1.29 is 0 Å². The molecular formula is C7H14N2. The van der Waals surface area contributed by atoms with Gasteiger partial charge in [0.05, 0.1) is 0 Å². The lowest BCUT2D eigenvalue weighted by molar-refractivity contribution is 0.615. The van der Waals surface area contributed by atoms with Crippen LogP contribution in [0.1, 0.15) is 13.3 Å². The van der Waals surface area contributed by atoms with E-state index in [4.69, 9.17) is 12.2 Å². The molecule has 0 aromatic rings. The van der Waals surface area contributed by atoms with Crippen molar-refractivity contribution in [2.24, 2.45) is 5.73 Å². The number of rotatable bonds is 4. The molecule has 0 heterocycles. The summed E-state index contributed by atoms with van der Waals surface area (Å²) in [6.07, 6.45) is 5.81.